The first kappa shape index (κ1) is 25.7. The molecular weight excluding hydrogens is 502 g/mol. The number of allylic oxidation sites excluding steroid dienone is 2. The number of rotatable bonds is 3. The summed E-state index contributed by atoms with van der Waals surface area (Å²) >= 11 is 0. The van der Waals surface area contributed by atoms with E-state index in [1.165, 1.54) is 11.6 Å². The highest BCUT2D eigenvalue weighted by atomic mass is 16.3. The summed E-state index contributed by atoms with van der Waals surface area (Å²) in [5.74, 6) is 0.538. The number of aromatic nitrogens is 3. The molecule has 1 N–H and O–H groups in total. The Balaban J connectivity index is 1.78. The Hall–Kier alpha value is -4.59. The monoisotopic (exact) mass is 533 g/mol. The van der Waals surface area contributed by atoms with Gasteiger partial charge in [-0.1, -0.05) is 74.5 Å². The molecule has 1 atom stereocenters. The van der Waals surface area contributed by atoms with Gasteiger partial charge in [-0.3, -0.25) is 19.9 Å². The van der Waals surface area contributed by atoms with E-state index in [1.807, 2.05) is 72.5 Å². The van der Waals surface area contributed by atoms with Gasteiger partial charge in [-0.25, -0.2) is 0 Å². The molecule has 0 fully saturated rings. The average Bonchev–Trinajstić information content (AvgIpc) is 3.24. The number of hydrogen-bond acceptors (Lipinski definition) is 7. The molecule has 4 aromatic rings. The van der Waals surface area contributed by atoms with Gasteiger partial charge in [0, 0.05) is 43.0 Å². The van der Waals surface area contributed by atoms with Crippen LogP contribution in [0, 0.1) is 24.7 Å². The minimum absolute atomic E-state index is 0.0163. The molecule has 0 bridgehead atoms. The third-order valence-corrected chi connectivity index (χ3v) is 7.70. The predicted molar refractivity (Wildman–Crippen MR) is 151 cm³/mol. The second-order valence-electron chi connectivity index (χ2n) is 11.4. The number of Topliss-reactive ketones (excluding diaryl/α,β-unsaturated/α-hetero) is 1. The molecule has 6 rings (SSSR count). The van der Waals surface area contributed by atoms with Crippen molar-refractivity contribution < 1.29 is 14.0 Å². The fourth-order valence-electron chi connectivity index (χ4n) is 6.16. The lowest BCUT2D eigenvalue weighted by Crippen LogP contribution is -2.41. The number of fused-ring (bicyclic) bond motifs is 1. The Morgan fingerprint density at radius 1 is 1.02 bits per heavy atom. The molecule has 8 nitrogen and oxygen atoms in total. The summed E-state index contributed by atoms with van der Waals surface area (Å²) in [6.45, 7) is 9.23. The smallest absolute Gasteiger partial charge is 0.245 e. The molecule has 1 aliphatic carbocycles. The molecule has 0 saturated carbocycles. The van der Waals surface area contributed by atoms with Crippen molar-refractivity contribution in [1.82, 2.24) is 14.8 Å². The van der Waals surface area contributed by atoms with E-state index < -0.39 is 5.92 Å². The third-order valence-electron chi connectivity index (χ3n) is 7.70. The van der Waals surface area contributed by atoms with Gasteiger partial charge in [-0.05, 0) is 29.9 Å². The molecule has 202 valence electrons. The van der Waals surface area contributed by atoms with E-state index in [0.717, 1.165) is 22.4 Å². The minimum Gasteiger partial charge on any atom is -0.425 e. The second-order valence-corrected chi connectivity index (χ2v) is 11.4. The molecular formula is C32H31N5O3. The van der Waals surface area contributed by atoms with Crippen molar-refractivity contribution in [3.8, 4) is 11.1 Å². The Morgan fingerprint density at radius 3 is 2.33 bits per heavy atom. The summed E-state index contributed by atoms with van der Waals surface area (Å²) < 4.78 is 7.17. The number of carbonyl (C=O) groups is 2. The van der Waals surface area contributed by atoms with Gasteiger partial charge >= 0.3 is 0 Å². The lowest BCUT2D eigenvalue weighted by atomic mass is 9.68. The van der Waals surface area contributed by atoms with Gasteiger partial charge in [0.25, 0.3) is 0 Å². The number of hydrogen-bond donors (Lipinski definition) is 1. The zero-order valence-electron chi connectivity index (χ0n) is 23.3. The van der Waals surface area contributed by atoms with Crippen LogP contribution in [0.4, 0.5) is 11.6 Å². The Morgan fingerprint density at radius 2 is 1.68 bits per heavy atom. The SMILES string of the molecule is CC(=O)n1nc(C)c(-c2ccccc2)c1N1C2=C(C(=O)CC(C)(C)C2)C(c2ccccc2)c2c1nc(C)oc2=N. The van der Waals surface area contributed by atoms with E-state index in [0.29, 0.717) is 47.2 Å². The molecule has 0 amide bonds. The van der Waals surface area contributed by atoms with Crippen LogP contribution in [0.25, 0.3) is 11.1 Å². The maximum atomic E-state index is 14.1. The van der Waals surface area contributed by atoms with E-state index >= 15 is 0 Å². The summed E-state index contributed by atoms with van der Waals surface area (Å²) in [4.78, 5) is 34.0. The Kier molecular flexibility index (Phi) is 5.94. The van der Waals surface area contributed by atoms with Crippen LogP contribution in [0.5, 0.6) is 0 Å². The zero-order valence-corrected chi connectivity index (χ0v) is 23.3. The van der Waals surface area contributed by atoms with E-state index in [2.05, 4.69) is 18.9 Å². The maximum Gasteiger partial charge on any atom is 0.245 e. The van der Waals surface area contributed by atoms with Crippen LogP contribution < -0.4 is 10.5 Å². The first-order valence-electron chi connectivity index (χ1n) is 13.4. The van der Waals surface area contributed by atoms with Gasteiger partial charge in [0.2, 0.25) is 11.5 Å². The van der Waals surface area contributed by atoms with Crippen LogP contribution in [-0.2, 0) is 4.79 Å². The fraction of sp³-hybridized carbons (Fsp3) is 0.281. The molecule has 1 aliphatic heterocycles. The standard InChI is InChI=1S/C32H31N5O3/c1-18-25(21-12-8-6-9-13-21)31(37(35-18)20(3)38)36-23-16-32(4,5)17-24(39)27(23)26(22-14-10-7-11-15-22)28-29(33)40-19(2)34-30(28)36/h6-15,26,33H,16-17H2,1-5H3. The predicted octanol–water partition coefficient (Wildman–Crippen LogP) is 6.22. The normalized spacial score (nSPS) is 18.0. The number of aryl methyl sites for hydroxylation is 2. The quantitative estimate of drug-likeness (QED) is 0.335. The molecule has 2 aromatic carbocycles. The zero-order chi connectivity index (χ0) is 28.3. The van der Waals surface area contributed by atoms with Crippen LogP contribution in [0.1, 0.15) is 67.0 Å². The summed E-state index contributed by atoms with van der Waals surface area (Å²) in [7, 11) is 0. The van der Waals surface area contributed by atoms with Crippen molar-refractivity contribution in [2.45, 2.75) is 53.4 Å². The summed E-state index contributed by atoms with van der Waals surface area (Å²) in [6.07, 6.45) is 0.950. The summed E-state index contributed by atoms with van der Waals surface area (Å²) in [5.41, 5.74) is 4.73. The van der Waals surface area contributed by atoms with Crippen LogP contribution in [0.2, 0.25) is 0 Å². The van der Waals surface area contributed by atoms with Gasteiger partial charge < -0.3 is 4.42 Å². The lowest BCUT2D eigenvalue weighted by molar-refractivity contribution is -0.118. The Bertz CT molecular complexity index is 1760. The van der Waals surface area contributed by atoms with Gasteiger partial charge in [0.15, 0.2) is 23.3 Å². The molecule has 0 saturated heterocycles. The van der Waals surface area contributed by atoms with Gasteiger partial charge in [-0.15, -0.1) is 0 Å². The van der Waals surface area contributed by atoms with E-state index in [1.54, 1.807) is 6.92 Å². The van der Waals surface area contributed by atoms with Crippen molar-refractivity contribution in [3.05, 3.63) is 100 Å². The molecule has 0 spiro atoms. The molecule has 1 unspecified atom stereocenters. The number of nitrogens with zero attached hydrogens (tertiary/aromatic N) is 4. The number of benzene rings is 2. The molecule has 2 aliphatic rings. The number of anilines is 2. The molecule has 8 heteroatoms. The van der Waals surface area contributed by atoms with Crippen molar-refractivity contribution in [3.63, 3.8) is 0 Å². The van der Waals surface area contributed by atoms with Crippen LogP contribution in [0.15, 0.2) is 76.4 Å². The molecule has 3 heterocycles. The van der Waals surface area contributed by atoms with Crippen LogP contribution in [0.3, 0.4) is 0 Å². The molecule has 2 aromatic heterocycles. The molecule has 40 heavy (non-hydrogen) atoms. The van der Waals surface area contributed by atoms with E-state index in [9.17, 15) is 9.59 Å². The maximum absolute atomic E-state index is 14.1. The van der Waals surface area contributed by atoms with Gasteiger partial charge in [0.1, 0.15) is 0 Å². The number of nitrogens with one attached hydrogen (secondary N) is 1. The van der Waals surface area contributed by atoms with E-state index in [-0.39, 0.29) is 22.7 Å². The van der Waals surface area contributed by atoms with Crippen LogP contribution >= 0.6 is 0 Å². The van der Waals surface area contributed by atoms with Crippen molar-refractivity contribution >= 4 is 23.3 Å². The second kappa shape index (κ2) is 9.26. The highest BCUT2D eigenvalue weighted by molar-refractivity contribution is 6.03. The molecule has 0 radical (unpaired) electrons. The largest absolute Gasteiger partial charge is 0.425 e. The van der Waals surface area contributed by atoms with E-state index in [4.69, 9.17) is 14.8 Å². The van der Waals surface area contributed by atoms with Crippen molar-refractivity contribution in [2.24, 2.45) is 5.41 Å². The third kappa shape index (κ3) is 4.02. The van der Waals surface area contributed by atoms with Crippen molar-refractivity contribution in [1.29, 1.82) is 5.41 Å². The average molecular weight is 534 g/mol. The first-order chi connectivity index (χ1) is 19.1. The van der Waals surface area contributed by atoms with Gasteiger partial charge in [0.05, 0.1) is 11.3 Å². The van der Waals surface area contributed by atoms with Crippen LogP contribution in [-0.4, -0.2) is 26.5 Å². The number of carbonyl (C=O) groups excluding carboxylic acids is 2. The fourth-order valence-corrected chi connectivity index (χ4v) is 6.16. The first-order valence-corrected chi connectivity index (χ1v) is 13.4. The minimum atomic E-state index is -0.523. The highest BCUT2D eigenvalue weighted by Gasteiger charge is 2.47. The summed E-state index contributed by atoms with van der Waals surface area (Å²) in [6, 6.07) is 19.5. The van der Waals surface area contributed by atoms with Gasteiger partial charge in [-0.2, -0.15) is 14.8 Å². The topological polar surface area (TPSA) is 105 Å². The summed E-state index contributed by atoms with van der Waals surface area (Å²) in [5, 5.41) is 13.6. The lowest BCUT2D eigenvalue weighted by Gasteiger charge is -2.43. The van der Waals surface area contributed by atoms with Crippen molar-refractivity contribution in [2.75, 3.05) is 4.90 Å². The highest BCUT2D eigenvalue weighted by Crippen LogP contribution is 2.54. The number of ketones is 1. The Labute approximate surface area is 232 Å².